The van der Waals surface area contributed by atoms with Crippen molar-refractivity contribution in [1.82, 2.24) is 10.3 Å². The number of benzene rings is 2. The molecule has 2 aromatic carbocycles. The predicted molar refractivity (Wildman–Crippen MR) is 121 cm³/mol. The number of aromatic nitrogens is 1. The van der Waals surface area contributed by atoms with E-state index in [1.807, 2.05) is 12.1 Å². The summed E-state index contributed by atoms with van der Waals surface area (Å²) in [4.78, 5) is 15.8. The molecule has 0 saturated heterocycles. The second-order valence-corrected chi connectivity index (χ2v) is 8.28. The van der Waals surface area contributed by atoms with E-state index in [0.717, 1.165) is 23.2 Å². The van der Waals surface area contributed by atoms with Crippen LogP contribution in [-0.2, 0) is 6.42 Å². The van der Waals surface area contributed by atoms with Crippen LogP contribution in [0.3, 0.4) is 0 Å². The van der Waals surface area contributed by atoms with Gasteiger partial charge in [0.15, 0.2) is 5.76 Å². The number of aryl methyl sites for hydroxylation is 1. The Morgan fingerprint density at radius 2 is 1.93 bits per heavy atom. The molecule has 142 valence electrons. The van der Waals surface area contributed by atoms with Crippen LogP contribution in [0.15, 0.2) is 59.0 Å². The van der Waals surface area contributed by atoms with Crippen molar-refractivity contribution in [2.75, 3.05) is 6.54 Å². The molecule has 2 heterocycles. The van der Waals surface area contributed by atoms with Crippen LogP contribution in [0, 0.1) is 10.5 Å². The summed E-state index contributed by atoms with van der Waals surface area (Å²) in [7, 11) is 0. The van der Waals surface area contributed by atoms with Gasteiger partial charge in [0, 0.05) is 37.3 Å². The first-order valence-corrected chi connectivity index (χ1v) is 10.4. The van der Waals surface area contributed by atoms with Gasteiger partial charge in [-0.15, -0.1) is 0 Å². The molecule has 28 heavy (non-hydrogen) atoms. The number of fused-ring (bicyclic) bond motifs is 1. The van der Waals surface area contributed by atoms with Crippen molar-refractivity contribution in [1.29, 1.82) is 0 Å². The summed E-state index contributed by atoms with van der Waals surface area (Å²) in [6, 6.07) is 17.2. The number of hydrogen-bond acceptors (Lipinski definition) is 2. The summed E-state index contributed by atoms with van der Waals surface area (Å²) in [6.07, 6.45) is 0.752. The van der Waals surface area contributed by atoms with Crippen LogP contribution in [-0.4, -0.2) is 17.4 Å². The van der Waals surface area contributed by atoms with Crippen molar-refractivity contribution in [3.8, 4) is 11.3 Å². The van der Waals surface area contributed by atoms with Crippen molar-refractivity contribution in [3.05, 3.63) is 80.2 Å². The van der Waals surface area contributed by atoms with Crippen LogP contribution in [0.2, 0.25) is 5.02 Å². The van der Waals surface area contributed by atoms with Gasteiger partial charge in [0.05, 0.1) is 0 Å². The Hall–Kier alpha value is -2.25. The Kier molecular flexibility index (Phi) is 5.46. The molecule has 6 heteroatoms. The van der Waals surface area contributed by atoms with Crippen LogP contribution in [0.25, 0.3) is 22.2 Å². The Labute approximate surface area is 181 Å². The van der Waals surface area contributed by atoms with Gasteiger partial charge in [-0.1, -0.05) is 11.6 Å². The Morgan fingerprint density at radius 1 is 1.14 bits per heavy atom. The van der Waals surface area contributed by atoms with Gasteiger partial charge in [-0.3, -0.25) is 4.79 Å². The van der Waals surface area contributed by atoms with Crippen LogP contribution < -0.4 is 5.32 Å². The fourth-order valence-electron chi connectivity index (χ4n) is 3.29. The molecule has 0 fully saturated rings. The lowest BCUT2D eigenvalue weighted by atomic mass is 10.1. The zero-order valence-electron chi connectivity index (χ0n) is 15.2. The average molecular weight is 505 g/mol. The van der Waals surface area contributed by atoms with E-state index >= 15 is 0 Å². The highest BCUT2D eigenvalue weighted by Crippen LogP contribution is 2.25. The molecule has 2 aromatic heterocycles. The third-order valence-electron chi connectivity index (χ3n) is 4.70. The maximum atomic E-state index is 12.4. The molecule has 2 N–H and O–H groups in total. The van der Waals surface area contributed by atoms with Crippen LogP contribution >= 0.6 is 34.2 Å². The maximum Gasteiger partial charge on any atom is 0.287 e. The van der Waals surface area contributed by atoms with E-state index < -0.39 is 0 Å². The molecule has 0 unspecified atom stereocenters. The second kappa shape index (κ2) is 8.01. The fraction of sp³-hybridized carbons (Fsp3) is 0.136. The van der Waals surface area contributed by atoms with Crippen molar-refractivity contribution in [2.45, 2.75) is 13.3 Å². The lowest BCUT2D eigenvalue weighted by molar-refractivity contribution is 0.0927. The Morgan fingerprint density at radius 3 is 2.71 bits per heavy atom. The van der Waals surface area contributed by atoms with Gasteiger partial charge in [-0.25, -0.2) is 0 Å². The van der Waals surface area contributed by atoms with Crippen molar-refractivity contribution in [2.24, 2.45) is 0 Å². The van der Waals surface area contributed by atoms with Crippen LogP contribution in [0.4, 0.5) is 0 Å². The maximum absolute atomic E-state index is 12.4. The first-order valence-electron chi connectivity index (χ1n) is 8.92. The molecular weight excluding hydrogens is 487 g/mol. The third kappa shape index (κ3) is 3.95. The topological polar surface area (TPSA) is 58.0 Å². The van der Waals surface area contributed by atoms with Crippen molar-refractivity contribution in [3.63, 3.8) is 0 Å². The number of furan rings is 1. The minimum Gasteiger partial charge on any atom is -0.451 e. The highest BCUT2D eigenvalue weighted by molar-refractivity contribution is 14.1. The van der Waals surface area contributed by atoms with Crippen LogP contribution in [0.1, 0.15) is 21.8 Å². The molecule has 0 aliphatic heterocycles. The second-order valence-electron chi connectivity index (χ2n) is 6.60. The van der Waals surface area contributed by atoms with Gasteiger partial charge < -0.3 is 14.7 Å². The molecule has 0 saturated carbocycles. The molecule has 0 atom stereocenters. The summed E-state index contributed by atoms with van der Waals surface area (Å²) in [6.45, 7) is 2.60. The number of carbonyl (C=O) groups is 1. The quantitative estimate of drug-likeness (QED) is 0.329. The summed E-state index contributed by atoms with van der Waals surface area (Å²) in [5, 5.41) is 4.82. The standard InChI is InChI=1S/C22H18ClIN2O2/c1-13-17(18-12-16(24)6-7-19(18)26-13)10-11-25-22(27)21-9-8-20(28-21)14-2-4-15(23)5-3-14/h2-9,12,26H,10-11H2,1H3,(H,25,27). The Bertz CT molecular complexity index is 1150. The largest absolute Gasteiger partial charge is 0.451 e. The van der Waals surface area contributed by atoms with Gasteiger partial charge in [0.25, 0.3) is 5.91 Å². The monoisotopic (exact) mass is 504 g/mol. The SMILES string of the molecule is Cc1[nH]c2ccc(I)cc2c1CCNC(=O)c1ccc(-c2ccc(Cl)cc2)o1. The highest BCUT2D eigenvalue weighted by Gasteiger charge is 2.13. The van der Waals surface area contributed by atoms with E-state index in [0.29, 0.717) is 23.1 Å². The molecule has 4 aromatic rings. The lowest BCUT2D eigenvalue weighted by Gasteiger charge is -2.05. The number of amides is 1. The first kappa shape index (κ1) is 19.1. The van der Waals surface area contributed by atoms with E-state index in [-0.39, 0.29) is 5.91 Å². The molecule has 1 amide bonds. The molecule has 0 aliphatic carbocycles. The van der Waals surface area contributed by atoms with Gasteiger partial charge in [0.2, 0.25) is 0 Å². The van der Waals surface area contributed by atoms with Crippen molar-refractivity contribution < 1.29 is 9.21 Å². The van der Waals surface area contributed by atoms with E-state index in [1.165, 1.54) is 14.5 Å². The van der Waals surface area contributed by atoms with Gasteiger partial charge in [-0.05, 0) is 96.1 Å². The van der Waals surface area contributed by atoms with E-state index in [9.17, 15) is 4.79 Å². The van der Waals surface area contributed by atoms with E-state index in [1.54, 1.807) is 24.3 Å². The summed E-state index contributed by atoms with van der Waals surface area (Å²) in [5.74, 6) is 0.728. The van der Waals surface area contributed by atoms with Gasteiger partial charge in [0.1, 0.15) is 5.76 Å². The molecule has 4 nitrogen and oxygen atoms in total. The average Bonchev–Trinajstić information content (AvgIpc) is 3.28. The summed E-state index contributed by atoms with van der Waals surface area (Å²) < 4.78 is 6.90. The van der Waals surface area contributed by atoms with Gasteiger partial charge >= 0.3 is 0 Å². The molecule has 0 bridgehead atoms. The number of carbonyl (C=O) groups excluding carboxylic acids is 1. The zero-order chi connectivity index (χ0) is 19.7. The number of halogens is 2. The number of hydrogen-bond donors (Lipinski definition) is 2. The molecular formula is C22H18ClIN2O2. The Balaban J connectivity index is 1.42. The van der Waals surface area contributed by atoms with E-state index in [4.69, 9.17) is 16.0 Å². The minimum atomic E-state index is -0.215. The van der Waals surface area contributed by atoms with Crippen molar-refractivity contribution >= 4 is 51.0 Å². The first-order chi connectivity index (χ1) is 13.5. The number of H-pyrrole nitrogens is 1. The predicted octanol–water partition coefficient (Wildman–Crippen LogP) is 5.97. The zero-order valence-corrected chi connectivity index (χ0v) is 18.1. The lowest BCUT2D eigenvalue weighted by Crippen LogP contribution is -2.25. The smallest absolute Gasteiger partial charge is 0.287 e. The van der Waals surface area contributed by atoms with Gasteiger partial charge in [-0.2, -0.15) is 0 Å². The number of aromatic amines is 1. The molecule has 0 aliphatic rings. The number of nitrogens with one attached hydrogen (secondary N) is 2. The third-order valence-corrected chi connectivity index (χ3v) is 5.62. The molecule has 4 rings (SSSR count). The number of rotatable bonds is 5. The summed E-state index contributed by atoms with van der Waals surface area (Å²) >= 11 is 8.23. The minimum absolute atomic E-state index is 0.215. The molecule has 0 radical (unpaired) electrons. The van der Waals surface area contributed by atoms with Crippen LogP contribution in [0.5, 0.6) is 0 Å². The molecule has 0 spiro atoms. The highest BCUT2D eigenvalue weighted by atomic mass is 127. The fourth-order valence-corrected chi connectivity index (χ4v) is 3.91. The van der Waals surface area contributed by atoms with E-state index in [2.05, 4.69) is 58.0 Å². The normalized spacial score (nSPS) is 11.1. The summed E-state index contributed by atoms with van der Waals surface area (Å²) in [5.41, 5.74) is 4.37.